The maximum Gasteiger partial charge on any atom is 0.269 e. The molecule has 2 aromatic heterocycles. The molecule has 2 aromatic rings. The molecule has 0 atom stereocenters. The molecule has 0 aromatic carbocycles. The predicted molar refractivity (Wildman–Crippen MR) is 62.3 cm³/mol. The summed E-state index contributed by atoms with van der Waals surface area (Å²) in [5.41, 5.74) is 6.45. The number of hydrogen-bond donors (Lipinski definition) is 1. The van der Waals surface area contributed by atoms with Crippen molar-refractivity contribution in [3.05, 3.63) is 35.9 Å². The van der Waals surface area contributed by atoms with Gasteiger partial charge in [-0.1, -0.05) is 19.9 Å². The normalized spacial score (nSPS) is 11.2. The van der Waals surface area contributed by atoms with Crippen LogP contribution in [0.15, 0.2) is 24.4 Å². The maximum absolute atomic E-state index is 11.3. The van der Waals surface area contributed by atoms with Crippen molar-refractivity contribution in [1.82, 2.24) is 9.38 Å². The van der Waals surface area contributed by atoms with Crippen LogP contribution in [0, 0.1) is 5.92 Å². The van der Waals surface area contributed by atoms with Crippen molar-refractivity contribution in [3.63, 3.8) is 0 Å². The fraction of sp³-hybridized carbons (Fsp3) is 0.333. The molecule has 0 saturated carbocycles. The summed E-state index contributed by atoms with van der Waals surface area (Å²) in [6.45, 7) is 4.24. The lowest BCUT2D eigenvalue weighted by atomic mass is 10.1. The standard InChI is InChI=1S/C12H15N3O/c1-8(2)7-10-14-11(12(13)16)9-5-3-4-6-15(9)10/h3-6,8H,7H2,1-2H3,(H2,13,16). The molecule has 1 amide bonds. The van der Waals surface area contributed by atoms with Crippen molar-refractivity contribution in [2.45, 2.75) is 20.3 Å². The van der Waals surface area contributed by atoms with Crippen molar-refractivity contribution in [1.29, 1.82) is 0 Å². The van der Waals surface area contributed by atoms with Crippen LogP contribution in [-0.2, 0) is 6.42 Å². The number of fused-ring (bicyclic) bond motifs is 1. The molecule has 0 saturated heterocycles. The van der Waals surface area contributed by atoms with Gasteiger partial charge in [-0.05, 0) is 18.1 Å². The summed E-state index contributed by atoms with van der Waals surface area (Å²) < 4.78 is 1.93. The second-order valence-corrected chi connectivity index (χ2v) is 4.29. The number of hydrogen-bond acceptors (Lipinski definition) is 2. The van der Waals surface area contributed by atoms with E-state index >= 15 is 0 Å². The van der Waals surface area contributed by atoms with Crippen LogP contribution in [0.5, 0.6) is 0 Å². The van der Waals surface area contributed by atoms with Crippen LogP contribution in [0.3, 0.4) is 0 Å². The number of nitrogens with zero attached hydrogens (tertiary/aromatic N) is 2. The van der Waals surface area contributed by atoms with Crippen molar-refractivity contribution in [2.24, 2.45) is 11.7 Å². The largest absolute Gasteiger partial charge is 0.364 e. The van der Waals surface area contributed by atoms with E-state index in [1.165, 1.54) is 0 Å². The van der Waals surface area contributed by atoms with Gasteiger partial charge < -0.3 is 10.1 Å². The molecular weight excluding hydrogens is 202 g/mol. The fourth-order valence-electron chi connectivity index (χ4n) is 1.79. The van der Waals surface area contributed by atoms with Gasteiger partial charge in [0.2, 0.25) is 0 Å². The Bertz CT molecular complexity index is 528. The third-order valence-electron chi connectivity index (χ3n) is 2.45. The Balaban J connectivity index is 2.62. The van der Waals surface area contributed by atoms with Crippen LogP contribution in [0.25, 0.3) is 5.52 Å². The van der Waals surface area contributed by atoms with E-state index in [9.17, 15) is 4.79 Å². The number of nitrogens with two attached hydrogens (primary N) is 1. The van der Waals surface area contributed by atoms with Gasteiger partial charge >= 0.3 is 0 Å². The molecule has 0 fully saturated rings. The Morgan fingerprint density at radius 3 is 2.88 bits per heavy atom. The summed E-state index contributed by atoms with van der Waals surface area (Å²) in [4.78, 5) is 15.6. The van der Waals surface area contributed by atoms with Gasteiger partial charge in [-0.3, -0.25) is 4.79 Å². The molecule has 0 aliphatic rings. The van der Waals surface area contributed by atoms with Crippen molar-refractivity contribution < 1.29 is 4.79 Å². The SMILES string of the molecule is CC(C)Cc1nc(C(N)=O)c2ccccn12. The summed E-state index contributed by atoms with van der Waals surface area (Å²) >= 11 is 0. The van der Waals surface area contributed by atoms with E-state index in [0.29, 0.717) is 11.6 Å². The molecule has 2 rings (SSSR count). The van der Waals surface area contributed by atoms with Gasteiger partial charge in [0.15, 0.2) is 5.69 Å². The lowest BCUT2D eigenvalue weighted by Crippen LogP contribution is -2.12. The van der Waals surface area contributed by atoms with Crippen LogP contribution in [0.1, 0.15) is 30.2 Å². The monoisotopic (exact) mass is 217 g/mol. The highest BCUT2D eigenvalue weighted by Gasteiger charge is 2.14. The highest BCUT2D eigenvalue weighted by atomic mass is 16.1. The van der Waals surface area contributed by atoms with Gasteiger partial charge in [0, 0.05) is 12.6 Å². The Morgan fingerprint density at radius 2 is 2.25 bits per heavy atom. The predicted octanol–water partition coefficient (Wildman–Crippen LogP) is 1.63. The highest BCUT2D eigenvalue weighted by Crippen LogP contribution is 2.15. The molecule has 0 aliphatic carbocycles. The molecular formula is C12H15N3O. The molecule has 84 valence electrons. The Hall–Kier alpha value is -1.84. The van der Waals surface area contributed by atoms with E-state index in [-0.39, 0.29) is 0 Å². The molecule has 0 unspecified atom stereocenters. The smallest absolute Gasteiger partial charge is 0.269 e. The number of carbonyl (C=O) groups excluding carboxylic acids is 1. The van der Waals surface area contributed by atoms with Crippen LogP contribution in [0.4, 0.5) is 0 Å². The average Bonchev–Trinajstić information content (AvgIpc) is 2.57. The van der Waals surface area contributed by atoms with E-state index in [4.69, 9.17) is 5.73 Å². The third-order valence-corrected chi connectivity index (χ3v) is 2.45. The van der Waals surface area contributed by atoms with E-state index in [1.807, 2.05) is 28.8 Å². The summed E-state index contributed by atoms with van der Waals surface area (Å²) in [5.74, 6) is 0.907. The molecule has 2 heterocycles. The molecule has 0 radical (unpaired) electrons. The summed E-state index contributed by atoms with van der Waals surface area (Å²) in [7, 11) is 0. The maximum atomic E-state index is 11.3. The number of primary amides is 1. The molecule has 0 aliphatic heterocycles. The summed E-state index contributed by atoms with van der Waals surface area (Å²) in [6.07, 6.45) is 2.74. The lowest BCUT2D eigenvalue weighted by molar-refractivity contribution is 0.0997. The number of rotatable bonds is 3. The molecule has 16 heavy (non-hydrogen) atoms. The molecule has 2 N–H and O–H groups in total. The van der Waals surface area contributed by atoms with Crippen molar-refractivity contribution in [3.8, 4) is 0 Å². The quantitative estimate of drug-likeness (QED) is 0.849. The summed E-state index contributed by atoms with van der Waals surface area (Å²) in [5, 5.41) is 0. The first-order chi connectivity index (χ1) is 7.59. The van der Waals surface area contributed by atoms with Gasteiger partial charge in [0.1, 0.15) is 5.82 Å². The van der Waals surface area contributed by atoms with E-state index in [2.05, 4.69) is 18.8 Å². The Labute approximate surface area is 94.1 Å². The first kappa shape index (κ1) is 10.7. The number of carbonyl (C=O) groups is 1. The minimum absolute atomic E-state index is 0.358. The zero-order valence-electron chi connectivity index (χ0n) is 9.47. The van der Waals surface area contributed by atoms with E-state index in [1.54, 1.807) is 0 Å². The van der Waals surface area contributed by atoms with Crippen molar-refractivity contribution >= 4 is 11.4 Å². The Morgan fingerprint density at radius 1 is 1.50 bits per heavy atom. The van der Waals surface area contributed by atoms with Gasteiger partial charge in [0.05, 0.1) is 5.52 Å². The van der Waals surface area contributed by atoms with E-state index < -0.39 is 5.91 Å². The van der Waals surface area contributed by atoms with Gasteiger partial charge in [-0.25, -0.2) is 4.98 Å². The van der Waals surface area contributed by atoms with Gasteiger partial charge in [-0.15, -0.1) is 0 Å². The zero-order chi connectivity index (χ0) is 11.7. The highest BCUT2D eigenvalue weighted by molar-refractivity contribution is 5.97. The Kier molecular flexibility index (Phi) is 2.64. The third kappa shape index (κ3) is 1.78. The van der Waals surface area contributed by atoms with Crippen LogP contribution >= 0.6 is 0 Å². The molecule has 4 nitrogen and oxygen atoms in total. The zero-order valence-corrected chi connectivity index (χ0v) is 9.47. The number of amides is 1. The number of imidazole rings is 1. The second-order valence-electron chi connectivity index (χ2n) is 4.29. The molecule has 0 spiro atoms. The summed E-state index contributed by atoms with van der Waals surface area (Å²) in [6, 6.07) is 5.66. The molecule has 0 bridgehead atoms. The topological polar surface area (TPSA) is 60.4 Å². The second kappa shape index (κ2) is 3.96. The number of aromatic nitrogens is 2. The fourth-order valence-corrected chi connectivity index (χ4v) is 1.79. The lowest BCUT2D eigenvalue weighted by Gasteiger charge is -2.02. The average molecular weight is 217 g/mol. The van der Waals surface area contributed by atoms with Crippen LogP contribution < -0.4 is 5.73 Å². The van der Waals surface area contributed by atoms with Gasteiger partial charge in [-0.2, -0.15) is 0 Å². The van der Waals surface area contributed by atoms with Crippen LogP contribution in [0.2, 0.25) is 0 Å². The van der Waals surface area contributed by atoms with E-state index in [0.717, 1.165) is 17.8 Å². The van der Waals surface area contributed by atoms with Crippen LogP contribution in [-0.4, -0.2) is 15.3 Å². The molecule has 4 heteroatoms. The minimum atomic E-state index is -0.473. The number of pyridine rings is 1. The van der Waals surface area contributed by atoms with Gasteiger partial charge in [0.25, 0.3) is 5.91 Å². The first-order valence-corrected chi connectivity index (χ1v) is 5.35. The van der Waals surface area contributed by atoms with Crippen molar-refractivity contribution in [2.75, 3.05) is 0 Å². The minimum Gasteiger partial charge on any atom is -0.364 e. The first-order valence-electron chi connectivity index (χ1n) is 5.35.